The first kappa shape index (κ1) is 12.3. The molecule has 0 N–H and O–H groups in total. The van der Waals surface area contributed by atoms with E-state index in [1.54, 1.807) is 0 Å². The van der Waals surface area contributed by atoms with Gasteiger partial charge in [-0.2, -0.15) is 0 Å². The zero-order valence-corrected chi connectivity index (χ0v) is 10.9. The first-order chi connectivity index (χ1) is 8.98. The van der Waals surface area contributed by atoms with Crippen LogP contribution in [0, 0.1) is 11.3 Å². The summed E-state index contributed by atoms with van der Waals surface area (Å²) in [5, 5.41) is 0. The lowest BCUT2D eigenvalue weighted by Gasteiger charge is -2.42. The minimum atomic E-state index is -0.347. The Bertz CT molecular complexity index is 579. The van der Waals surface area contributed by atoms with E-state index in [-0.39, 0.29) is 29.0 Å². The topological polar surface area (TPSA) is 43.4 Å². The average Bonchev–Trinajstić information content (AvgIpc) is 2.77. The van der Waals surface area contributed by atoms with Gasteiger partial charge in [0.1, 0.15) is 0 Å². The average molecular weight is 256 g/mol. The number of allylic oxidation sites excluding steroid dienone is 4. The summed E-state index contributed by atoms with van der Waals surface area (Å²) >= 11 is 0. The van der Waals surface area contributed by atoms with E-state index in [1.165, 1.54) is 12.2 Å². The summed E-state index contributed by atoms with van der Waals surface area (Å²) in [6.45, 7) is 10.5. The van der Waals surface area contributed by atoms with Gasteiger partial charge in [0.25, 0.3) is 0 Å². The molecule has 98 valence electrons. The largest absolute Gasteiger partial charge is 0.368 e. The summed E-state index contributed by atoms with van der Waals surface area (Å²) in [6, 6.07) is 0. The predicted molar refractivity (Wildman–Crippen MR) is 71.5 cm³/mol. The molecule has 0 saturated carbocycles. The van der Waals surface area contributed by atoms with E-state index in [1.807, 2.05) is 6.08 Å². The molecule has 0 bridgehead atoms. The molecule has 0 aromatic rings. The zero-order valence-electron chi connectivity index (χ0n) is 10.9. The van der Waals surface area contributed by atoms with Gasteiger partial charge in [0.15, 0.2) is 11.6 Å². The molecule has 1 heterocycles. The van der Waals surface area contributed by atoms with E-state index in [2.05, 4.69) is 20.1 Å². The fraction of sp³-hybridized carbons (Fsp3) is 0.375. The van der Waals surface area contributed by atoms with Crippen LogP contribution in [-0.4, -0.2) is 24.3 Å². The second kappa shape index (κ2) is 3.87. The van der Waals surface area contributed by atoms with Crippen LogP contribution in [0.3, 0.4) is 0 Å². The quantitative estimate of drug-likeness (QED) is 0.533. The molecule has 0 aromatic heterocycles. The maximum absolute atomic E-state index is 12.1. The summed E-state index contributed by atoms with van der Waals surface area (Å²) < 4.78 is 5.74. The molecule has 3 rings (SSSR count). The van der Waals surface area contributed by atoms with Gasteiger partial charge in [-0.15, -0.1) is 6.58 Å². The number of ether oxygens (including phenoxy) is 1. The SMILES string of the molecule is C=C[C@@]1(C)CC2=C(C(=O)C=CC2=O)[C@@H]2OCC(=C)[C@H]21. The summed E-state index contributed by atoms with van der Waals surface area (Å²) in [4.78, 5) is 24.1. The molecule has 0 radical (unpaired) electrons. The van der Waals surface area contributed by atoms with Crippen LogP contribution in [0.15, 0.2) is 48.1 Å². The van der Waals surface area contributed by atoms with E-state index in [4.69, 9.17) is 4.74 Å². The van der Waals surface area contributed by atoms with Crippen LogP contribution in [0.1, 0.15) is 13.3 Å². The first-order valence-corrected chi connectivity index (χ1v) is 6.40. The molecule has 1 fully saturated rings. The zero-order chi connectivity index (χ0) is 13.8. The smallest absolute Gasteiger partial charge is 0.185 e. The Labute approximate surface area is 112 Å². The molecule has 2 aliphatic carbocycles. The number of hydrogen-bond donors (Lipinski definition) is 0. The summed E-state index contributed by atoms with van der Waals surface area (Å²) in [5.41, 5.74) is 1.83. The number of fused-ring (bicyclic) bond motifs is 2. The number of carbonyl (C=O) groups excluding carboxylic acids is 2. The molecule has 3 atom stereocenters. The molecular weight excluding hydrogens is 240 g/mol. The van der Waals surface area contributed by atoms with Gasteiger partial charge in [0.05, 0.1) is 12.7 Å². The Morgan fingerprint density at radius 3 is 2.74 bits per heavy atom. The summed E-state index contributed by atoms with van der Waals surface area (Å²) in [7, 11) is 0. The molecule has 1 saturated heterocycles. The third-order valence-corrected chi connectivity index (χ3v) is 4.48. The van der Waals surface area contributed by atoms with Gasteiger partial charge in [-0.1, -0.05) is 19.6 Å². The monoisotopic (exact) mass is 256 g/mol. The Balaban J connectivity index is 2.19. The standard InChI is InChI=1S/C16H16O3/c1-4-16(3)7-10-11(17)5-6-12(18)13(10)15-14(16)9(2)8-19-15/h4-6,14-15H,1-2,7-8H2,3H3/t14-,15+,16+/m1/s1. The highest BCUT2D eigenvalue weighted by Gasteiger charge is 2.52. The number of ketones is 2. The third kappa shape index (κ3) is 1.55. The molecule has 0 aromatic carbocycles. The van der Waals surface area contributed by atoms with Crippen LogP contribution in [0.5, 0.6) is 0 Å². The van der Waals surface area contributed by atoms with Crippen LogP contribution in [0.2, 0.25) is 0 Å². The molecule has 0 unspecified atom stereocenters. The van der Waals surface area contributed by atoms with Crippen molar-refractivity contribution in [2.24, 2.45) is 11.3 Å². The Morgan fingerprint density at radius 2 is 2.05 bits per heavy atom. The van der Waals surface area contributed by atoms with Gasteiger partial charge < -0.3 is 4.74 Å². The van der Waals surface area contributed by atoms with Gasteiger partial charge in [0, 0.05) is 17.1 Å². The molecule has 3 nitrogen and oxygen atoms in total. The van der Waals surface area contributed by atoms with Crippen molar-refractivity contribution in [2.45, 2.75) is 19.4 Å². The van der Waals surface area contributed by atoms with E-state index < -0.39 is 0 Å². The van der Waals surface area contributed by atoms with Gasteiger partial charge >= 0.3 is 0 Å². The van der Waals surface area contributed by atoms with Crippen molar-refractivity contribution >= 4 is 11.6 Å². The lowest BCUT2D eigenvalue weighted by molar-refractivity contribution is -0.117. The lowest BCUT2D eigenvalue weighted by atomic mass is 9.61. The fourth-order valence-corrected chi connectivity index (χ4v) is 3.47. The van der Waals surface area contributed by atoms with Gasteiger partial charge in [-0.3, -0.25) is 9.59 Å². The second-order valence-corrected chi connectivity index (χ2v) is 5.71. The Hall–Kier alpha value is -1.74. The van der Waals surface area contributed by atoms with Crippen molar-refractivity contribution in [3.8, 4) is 0 Å². The Kier molecular flexibility index (Phi) is 2.51. The van der Waals surface area contributed by atoms with Crippen LogP contribution < -0.4 is 0 Å². The number of carbonyl (C=O) groups is 2. The first-order valence-electron chi connectivity index (χ1n) is 6.40. The Morgan fingerprint density at radius 1 is 1.37 bits per heavy atom. The van der Waals surface area contributed by atoms with Gasteiger partial charge in [0.2, 0.25) is 0 Å². The maximum Gasteiger partial charge on any atom is 0.185 e. The molecule has 3 aliphatic rings. The van der Waals surface area contributed by atoms with E-state index in [9.17, 15) is 9.59 Å². The van der Waals surface area contributed by atoms with Crippen LogP contribution in [0.4, 0.5) is 0 Å². The van der Waals surface area contributed by atoms with Crippen LogP contribution in [0.25, 0.3) is 0 Å². The highest BCUT2D eigenvalue weighted by atomic mass is 16.5. The van der Waals surface area contributed by atoms with Crippen molar-refractivity contribution in [2.75, 3.05) is 6.61 Å². The summed E-state index contributed by atoms with van der Waals surface area (Å²) in [6.07, 6.45) is 4.75. The molecular formula is C16H16O3. The van der Waals surface area contributed by atoms with Crippen LogP contribution >= 0.6 is 0 Å². The highest BCUT2D eigenvalue weighted by Crippen LogP contribution is 2.52. The van der Waals surface area contributed by atoms with Crippen molar-refractivity contribution in [1.29, 1.82) is 0 Å². The molecule has 1 aliphatic heterocycles. The van der Waals surface area contributed by atoms with E-state index in [0.717, 1.165) is 5.57 Å². The lowest BCUT2D eigenvalue weighted by Crippen LogP contribution is -2.42. The van der Waals surface area contributed by atoms with E-state index >= 15 is 0 Å². The predicted octanol–water partition coefficient (Wildman–Crippen LogP) is 2.16. The van der Waals surface area contributed by atoms with Crippen molar-refractivity contribution < 1.29 is 14.3 Å². The van der Waals surface area contributed by atoms with E-state index in [0.29, 0.717) is 24.2 Å². The number of hydrogen-bond acceptors (Lipinski definition) is 3. The number of rotatable bonds is 1. The van der Waals surface area contributed by atoms with Crippen molar-refractivity contribution in [1.82, 2.24) is 0 Å². The summed E-state index contributed by atoms with van der Waals surface area (Å²) in [5.74, 6) is -0.153. The minimum absolute atomic E-state index is 0.0343. The van der Waals surface area contributed by atoms with Gasteiger partial charge in [-0.05, 0) is 29.6 Å². The maximum atomic E-state index is 12.1. The van der Waals surface area contributed by atoms with Crippen molar-refractivity contribution in [3.05, 3.63) is 48.1 Å². The van der Waals surface area contributed by atoms with Crippen LogP contribution in [-0.2, 0) is 14.3 Å². The molecule has 3 heteroatoms. The normalized spacial score (nSPS) is 37.4. The molecule has 0 amide bonds. The van der Waals surface area contributed by atoms with Crippen molar-refractivity contribution in [3.63, 3.8) is 0 Å². The van der Waals surface area contributed by atoms with Gasteiger partial charge in [-0.25, -0.2) is 0 Å². The second-order valence-electron chi connectivity index (χ2n) is 5.71. The molecule has 0 spiro atoms. The molecule has 19 heavy (non-hydrogen) atoms. The fourth-order valence-electron chi connectivity index (χ4n) is 3.47. The third-order valence-electron chi connectivity index (χ3n) is 4.48. The minimum Gasteiger partial charge on any atom is -0.368 e. The highest BCUT2D eigenvalue weighted by molar-refractivity contribution is 6.21.